The van der Waals surface area contributed by atoms with Crippen LogP contribution in [0.1, 0.15) is 43.9 Å². The molecule has 0 radical (unpaired) electrons. The molecule has 4 atom stereocenters. The average Bonchev–Trinajstić information content (AvgIpc) is 3.26. The van der Waals surface area contributed by atoms with Crippen molar-refractivity contribution < 1.29 is 9.90 Å². The molecule has 3 aliphatic rings. The average molecular weight is 374 g/mol. The number of carbonyl (C=O) groups excluding carboxylic acids is 1. The monoisotopic (exact) mass is 373 g/mol. The summed E-state index contributed by atoms with van der Waals surface area (Å²) in [5.41, 5.74) is 2.20. The second-order valence-electron chi connectivity index (χ2n) is 8.52. The molecule has 0 aromatic carbocycles. The number of nitrogens with one attached hydrogen (secondary N) is 1. The number of anilines is 2. The summed E-state index contributed by atoms with van der Waals surface area (Å²) in [6.07, 6.45) is 3.55. The van der Waals surface area contributed by atoms with Crippen LogP contribution in [0.3, 0.4) is 0 Å². The zero-order chi connectivity index (χ0) is 19.1. The Morgan fingerprint density at radius 1 is 1.07 bits per heavy atom. The van der Waals surface area contributed by atoms with Crippen molar-refractivity contribution in [2.45, 2.75) is 58.6 Å². The molecule has 1 aliphatic carbocycles. The Kier molecular flexibility index (Phi) is 4.97. The molecule has 1 amide bonds. The maximum absolute atomic E-state index is 11.4. The molecule has 2 saturated heterocycles. The molecule has 2 aliphatic heterocycles. The van der Waals surface area contributed by atoms with Crippen LogP contribution in [0.4, 0.5) is 11.8 Å². The quantitative estimate of drug-likeness (QED) is 0.834. The van der Waals surface area contributed by atoms with Gasteiger partial charge in [-0.1, -0.05) is 0 Å². The lowest BCUT2D eigenvalue weighted by atomic mass is 9.77. The number of aliphatic hydroxyl groups excluding tert-OH is 1. The number of aromatic nitrogens is 2. The van der Waals surface area contributed by atoms with Gasteiger partial charge >= 0.3 is 0 Å². The normalized spacial score (nSPS) is 30.5. The summed E-state index contributed by atoms with van der Waals surface area (Å²) in [4.78, 5) is 25.8. The van der Waals surface area contributed by atoms with Crippen LogP contribution in [0.5, 0.6) is 0 Å². The fourth-order valence-electron chi connectivity index (χ4n) is 4.99. The predicted molar refractivity (Wildman–Crippen MR) is 105 cm³/mol. The molecule has 1 saturated carbocycles. The maximum Gasteiger partial charge on any atom is 0.227 e. The van der Waals surface area contributed by atoms with E-state index >= 15 is 0 Å². The minimum Gasteiger partial charge on any atom is -0.391 e. The lowest BCUT2D eigenvalue weighted by molar-refractivity contribution is -0.121. The number of rotatable bonds is 3. The minimum absolute atomic E-state index is 0.0649. The Hall–Kier alpha value is -1.89. The van der Waals surface area contributed by atoms with E-state index in [2.05, 4.69) is 29.0 Å². The van der Waals surface area contributed by atoms with Crippen LogP contribution in [-0.4, -0.2) is 59.3 Å². The summed E-state index contributed by atoms with van der Waals surface area (Å²) in [7, 11) is 0. The molecule has 4 rings (SSSR count). The molecule has 27 heavy (non-hydrogen) atoms. The second kappa shape index (κ2) is 7.26. The third-order valence-electron chi connectivity index (χ3n) is 6.57. The van der Waals surface area contributed by atoms with Gasteiger partial charge in [-0.05, 0) is 51.4 Å². The van der Waals surface area contributed by atoms with E-state index in [0.717, 1.165) is 62.0 Å². The molecular formula is C20H31N5O2. The first-order chi connectivity index (χ1) is 12.9. The van der Waals surface area contributed by atoms with Gasteiger partial charge in [-0.3, -0.25) is 4.79 Å². The number of carbonyl (C=O) groups is 1. The first kappa shape index (κ1) is 18.5. The largest absolute Gasteiger partial charge is 0.391 e. The van der Waals surface area contributed by atoms with Gasteiger partial charge in [0.2, 0.25) is 11.9 Å². The third-order valence-corrected chi connectivity index (χ3v) is 6.57. The van der Waals surface area contributed by atoms with E-state index in [-0.39, 0.29) is 11.9 Å². The van der Waals surface area contributed by atoms with Gasteiger partial charge in [0.15, 0.2) is 0 Å². The standard InChI is InChI=1S/C20H31N5O2/c1-12-13(2)21-20(24-6-4-5-7-24)23-19(12)25-10-15-8-17(22-14(3)26)18(27)9-16(15)11-25/h15-18,27H,4-11H2,1-3H3,(H,22,26)/t15-,16+,17-,18-/m1/s1. The summed E-state index contributed by atoms with van der Waals surface area (Å²) in [5, 5.41) is 13.4. The third kappa shape index (κ3) is 3.61. The number of hydrogen-bond acceptors (Lipinski definition) is 6. The minimum atomic E-state index is -0.455. The van der Waals surface area contributed by atoms with Gasteiger partial charge in [0.25, 0.3) is 0 Å². The lowest BCUT2D eigenvalue weighted by Gasteiger charge is -2.35. The van der Waals surface area contributed by atoms with E-state index in [9.17, 15) is 9.90 Å². The Morgan fingerprint density at radius 2 is 1.74 bits per heavy atom. The first-order valence-electron chi connectivity index (χ1n) is 10.2. The molecule has 7 nitrogen and oxygen atoms in total. The summed E-state index contributed by atoms with van der Waals surface area (Å²) in [5.74, 6) is 2.77. The van der Waals surface area contributed by atoms with Gasteiger partial charge in [0.05, 0.1) is 12.1 Å². The van der Waals surface area contributed by atoms with Crippen LogP contribution in [0, 0.1) is 25.7 Å². The predicted octanol–water partition coefficient (Wildman–Crippen LogP) is 1.41. The molecular weight excluding hydrogens is 342 g/mol. The summed E-state index contributed by atoms with van der Waals surface area (Å²) < 4.78 is 0. The van der Waals surface area contributed by atoms with Crippen LogP contribution in [0.2, 0.25) is 0 Å². The Bertz CT molecular complexity index is 719. The highest BCUT2D eigenvalue weighted by Gasteiger charge is 2.42. The number of aryl methyl sites for hydroxylation is 1. The first-order valence-corrected chi connectivity index (χ1v) is 10.2. The topological polar surface area (TPSA) is 81.6 Å². The van der Waals surface area contributed by atoms with Gasteiger partial charge in [-0.25, -0.2) is 4.98 Å². The smallest absolute Gasteiger partial charge is 0.227 e. The van der Waals surface area contributed by atoms with Crippen molar-refractivity contribution in [3.63, 3.8) is 0 Å². The zero-order valence-electron chi connectivity index (χ0n) is 16.6. The van der Waals surface area contributed by atoms with Crippen molar-refractivity contribution in [2.24, 2.45) is 11.8 Å². The fourth-order valence-corrected chi connectivity index (χ4v) is 4.99. The van der Waals surface area contributed by atoms with Gasteiger partial charge in [-0.2, -0.15) is 4.98 Å². The molecule has 0 bridgehead atoms. The number of nitrogens with zero attached hydrogens (tertiary/aromatic N) is 4. The van der Waals surface area contributed by atoms with E-state index in [1.165, 1.54) is 19.8 Å². The van der Waals surface area contributed by atoms with Crippen molar-refractivity contribution >= 4 is 17.7 Å². The maximum atomic E-state index is 11.4. The van der Waals surface area contributed by atoms with Gasteiger partial charge in [0, 0.05) is 44.4 Å². The van der Waals surface area contributed by atoms with Crippen LogP contribution < -0.4 is 15.1 Å². The lowest BCUT2D eigenvalue weighted by Crippen LogP contribution is -2.48. The number of fused-ring (bicyclic) bond motifs is 1. The zero-order valence-corrected chi connectivity index (χ0v) is 16.6. The molecule has 1 aromatic rings. The fraction of sp³-hybridized carbons (Fsp3) is 0.750. The van der Waals surface area contributed by atoms with Crippen molar-refractivity contribution in [2.75, 3.05) is 36.0 Å². The highest BCUT2D eigenvalue weighted by Crippen LogP contribution is 2.39. The molecule has 2 N–H and O–H groups in total. The van der Waals surface area contributed by atoms with Crippen LogP contribution in [-0.2, 0) is 4.79 Å². The molecule has 0 spiro atoms. The second-order valence-corrected chi connectivity index (χ2v) is 8.52. The number of aliphatic hydroxyl groups is 1. The summed E-state index contributed by atoms with van der Waals surface area (Å²) in [6, 6.07) is -0.128. The summed E-state index contributed by atoms with van der Waals surface area (Å²) in [6.45, 7) is 9.63. The highest BCUT2D eigenvalue weighted by molar-refractivity contribution is 5.73. The molecule has 148 valence electrons. The van der Waals surface area contributed by atoms with E-state index in [1.54, 1.807) is 0 Å². The van der Waals surface area contributed by atoms with Crippen LogP contribution >= 0.6 is 0 Å². The molecule has 1 aromatic heterocycles. The highest BCUT2D eigenvalue weighted by atomic mass is 16.3. The van der Waals surface area contributed by atoms with Crippen molar-refractivity contribution in [1.29, 1.82) is 0 Å². The van der Waals surface area contributed by atoms with E-state index < -0.39 is 6.10 Å². The van der Waals surface area contributed by atoms with Gasteiger partial charge < -0.3 is 20.2 Å². The van der Waals surface area contributed by atoms with Crippen molar-refractivity contribution in [3.05, 3.63) is 11.3 Å². The Labute approximate surface area is 161 Å². The Morgan fingerprint density at radius 3 is 2.41 bits per heavy atom. The van der Waals surface area contributed by atoms with Crippen molar-refractivity contribution in [1.82, 2.24) is 15.3 Å². The van der Waals surface area contributed by atoms with E-state index in [0.29, 0.717) is 11.8 Å². The number of amides is 1. The number of hydrogen-bond donors (Lipinski definition) is 2. The summed E-state index contributed by atoms with van der Waals surface area (Å²) >= 11 is 0. The molecule has 0 unspecified atom stereocenters. The molecule has 3 heterocycles. The van der Waals surface area contributed by atoms with Crippen LogP contribution in [0.25, 0.3) is 0 Å². The Balaban J connectivity index is 1.54. The van der Waals surface area contributed by atoms with Gasteiger partial charge in [-0.15, -0.1) is 0 Å². The molecule has 7 heteroatoms. The van der Waals surface area contributed by atoms with E-state index in [1.807, 2.05) is 0 Å². The van der Waals surface area contributed by atoms with Crippen LogP contribution in [0.15, 0.2) is 0 Å². The van der Waals surface area contributed by atoms with E-state index in [4.69, 9.17) is 9.97 Å². The SMILES string of the molecule is CC(=O)N[C@@H]1C[C@@H]2CN(c3nc(N4CCCC4)nc(C)c3C)C[C@@H]2C[C@H]1O. The van der Waals surface area contributed by atoms with Crippen molar-refractivity contribution in [3.8, 4) is 0 Å². The molecule has 3 fully saturated rings. The van der Waals surface area contributed by atoms with Gasteiger partial charge in [0.1, 0.15) is 5.82 Å².